The SMILES string of the molecule is O=C1CCCC=C1C1C=CCCC1. The summed E-state index contributed by atoms with van der Waals surface area (Å²) in [6.45, 7) is 0. The molecule has 0 aromatic rings. The third-order valence-electron chi connectivity index (χ3n) is 2.95. The lowest BCUT2D eigenvalue weighted by Gasteiger charge is -2.21. The van der Waals surface area contributed by atoms with Crippen LogP contribution in [0.5, 0.6) is 0 Å². The fraction of sp³-hybridized carbons (Fsp3) is 0.583. The number of hydrogen-bond acceptors (Lipinski definition) is 1. The summed E-state index contributed by atoms with van der Waals surface area (Å²) in [5, 5.41) is 0. The Labute approximate surface area is 79.5 Å². The number of carbonyl (C=O) groups excluding carboxylic acids is 1. The van der Waals surface area contributed by atoms with E-state index in [-0.39, 0.29) is 0 Å². The zero-order valence-corrected chi connectivity index (χ0v) is 7.96. The van der Waals surface area contributed by atoms with Crippen molar-refractivity contribution < 1.29 is 4.79 Å². The molecular formula is C12H16O. The molecule has 0 bridgehead atoms. The fourth-order valence-electron chi connectivity index (χ4n) is 2.21. The van der Waals surface area contributed by atoms with Gasteiger partial charge in [-0.2, -0.15) is 0 Å². The third-order valence-corrected chi connectivity index (χ3v) is 2.95. The van der Waals surface area contributed by atoms with Crippen molar-refractivity contribution in [1.82, 2.24) is 0 Å². The van der Waals surface area contributed by atoms with Crippen LogP contribution in [0.2, 0.25) is 0 Å². The van der Waals surface area contributed by atoms with Gasteiger partial charge in [0.25, 0.3) is 0 Å². The normalized spacial score (nSPS) is 28.8. The molecule has 0 spiro atoms. The predicted octanol–water partition coefficient (Wildman–Crippen LogP) is 3.02. The first-order valence-corrected chi connectivity index (χ1v) is 5.28. The molecule has 0 fully saturated rings. The molecule has 1 heteroatoms. The van der Waals surface area contributed by atoms with Crippen molar-refractivity contribution in [2.45, 2.75) is 38.5 Å². The van der Waals surface area contributed by atoms with Gasteiger partial charge in [0.1, 0.15) is 0 Å². The van der Waals surface area contributed by atoms with Gasteiger partial charge in [-0.15, -0.1) is 0 Å². The molecule has 2 rings (SSSR count). The van der Waals surface area contributed by atoms with Crippen LogP contribution >= 0.6 is 0 Å². The molecule has 0 aliphatic heterocycles. The highest BCUT2D eigenvalue weighted by Crippen LogP contribution is 2.28. The van der Waals surface area contributed by atoms with Crippen molar-refractivity contribution in [1.29, 1.82) is 0 Å². The monoisotopic (exact) mass is 176 g/mol. The van der Waals surface area contributed by atoms with Gasteiger partial charge in [0.15, 0.2) is 5.78 Å². The first kappa shape index (κ1) is 8.74. The van der Waals surface area contributed by atoms with Crippen molar-refractivity contribution in [3.63, 3.8) is 0 Å². The summed E-state index contributed by atoms with van der Waals surface area (Å²) in [7, 11) is 0. The van der Waals surface area contributed by atoms with E-state index < -0.39 is 0 Å². The van der Waals surface area contributed by atoms with Gasteiger partial charge in [0.2, 0.25) is 0 Å². The van der Waals surface area contributed by atoms with Crippen molar-refractivity contribution in [2.75, 3.05) is 0 Å². The highest BCUT2D eigenvalue weighted by Gasteiger charge is 2.21. The molecule has 70 valence electrons. The highest BCUT2D eigenvalue weighted by molar-refractivity contribution is 5.96. The smallest absolute Gasteiger partial charge is 0.159 e. The molecule has 0 heterocycles. The Hall–Kier alpha value is -0.850. The average Bonchev–Trinajstić information content (AvgIpc) is 2.20. The second kappa shape index (κ2) is 3.91. The van der Waals surface area contributed by atoms with E-state index in [0.717, 1.165) is 24.8 Å². The van der Waals surface area contributed by atoms with E-state index in [0.29, 0.717) is 11.7 Å². The van der Waals surface area contributed by atoms with Crippen LogP contribution in [-0.2, 0) is 4.79 Å². The molecule has 0 saturated carbocycles. The maximum Gasteiger partial charge on any atom is 0.159 e. The summed E-state index contributed by atoms with van der Waals surface area (Å²) < 4.78 is 0. The topological polar surface area (TPSA) is 17.1 Å². The molecule has 2 aliphatic rings. The van der Waals surface area contributed by atoms with Crippen molar-refractivity contribution in [3.05, 3.63) is 23.8 Å². The first-order chi connectivity index (χ1) is 6.38. The molecule has 1 nitrogen and oxygen atoms in total. The Morgan fingerprint density at radius 1 is 1.23 bits per heavy atom. The summed E-state index contributed by atoms with van der Waals surface area (Å²) >= 11 is 0. The summed E-state index contributed by atoms with van der Waals surface area (Å²) in [4.78, 5) is 11.6. The molecule has 0 aromatic heterocycles. The Balaban J connectivity index is 2.13. The first-order valence-electron chi connectivity index (χ1n) is 5.28. The minimum atomic E-state index is 0.391. The maximum atomic E-state index is 11.6. The van der Waals surface area contributed by atoms with Gasteiger partial charge in [-0.25, -0.2) is 0 Å². The largest absolute Gasteiger partial charge is 0.295 e. The molecule has 0 amide bonds. The molecule has 1 unspecified atom stereocenters. The van der Waals surface area contributed by atoms with Gasteiger partial charge in [0.05, 0.1) is 0 Å². The molecule has 1 atom stereocenters. The Bertz CT molecular complexity index is 260. The Morgan fingerprint density at radius 3 is 2.85 bits per heavy atom. The zero-order valence-electron chi connectivity index (χ0n) is 7.96. The second-order valence-electron chi connectivity index (χ2n) is 3.94. The summed E-state index contributed by atoms with van der Waals surface area (Å²) in [6.07, 6.45) is 13.1. The lowest BCUT2D eigenvalue weighted by atomic mass is 9.83. The predicted molar refractivity (Wildman–Crippen MR) is 53.4 cm³/mol. The molecular weight excluding hydrogens is 160 g/mol. The van der Waals surface area contributed by atoms with E-state index >= 15 is 0 Å². The van der Waals surface area contributed by atoms with Crippen LogP contribution in [0, 0.1) is 5.92 Å². The number of ketones is 1. The fourth-order valence-corrected chi connectivity index (χ4v) is 2.21. The van der Waals surface area contributed by atoms with Gasteiger partial charge in [-0.3, -0.25) is 4.79 Å². The van der Waals surface area contributed by atoms with Crippen LogP contribution in [0.25, 0.3) is 0 Å². The average molecular weight is 176 g/mol. The van der Waals surface area contributed by atoms with Crippen molar-refractivity contribution in [2.24, 2.45) is 5.92 Å². The van der Waals surface area contributed by atoms with Gasteiger partial charge >= 0.3 is 0 Å². The summed E-state index contributed by atoms with van der Waals surface area (Å²) in [5.41, 5.74) is 1.10. The van der Waals surface area contributed by atoms with Crippen LogP contribution in [0.1, 0.15) is 38.5 Å². The molecule has 0 saturated heterocycles. The third kappa shape index (κ3) is 1.90. The number of rotatable bonds is 1. The number of hydrogen-bond donors (Lipinski definition) is 0. The molecule has 0 aromatic carbocycles. The van der Waals surface area contributed by atoms with Crippen LogP contribution in [0.15, 0.2) is 23.8 Å². The van der Waals surface area contributed by atoms with Gasteiger partial charge < -0.3 is 0 Å². The van der Waals surface area contributed by atoms with Crippen LogP contribution in [0.4, 0.5) is 0 Å². The molecule has 2 aliphatic carbocycles. The van der Waals surface area contributed by atoms with E-state index in [9.17, 15) is 4.79 Å². The number of Topliss-reactive ketones (excluding diaryl/α,β-unsaturated/α-hetero) is 1. The van der Waals surface area contributed by atoms with Gasteiger partial charge in [-0.1, -0.05) is 18.2 Å². The van der Waals surface area contributed by atoms with E-state index in [1.165, 1.54) is 19.3 Å². The van der Waals surface area contributed by atoms with Crippen LogP contribution in [-0.4, -0.2) is 5.78 Å². The minimum Gasteiger partial charge on any atom is -0.295 e. The highest BCUT2D eigenvalue weighted by atomic mass is 16.1. The maximum absolute atomic E-state index is 11.6. The second-order valence-corrected chi connectivity index (χ2v) is 3.94. The van der Waals surface area contributed by atoms with E-state index in [2.05, 4.69) is 18.2 Å². The summed E-state index contributed by atoms with van der Waals surface area (Å²) in [5.74, 6) is 0.837. The standard InChI is InChI=1S/C12H16O/c13-12-9-5-4-8-11(12)10-6-2-1-3-7-10/h2,6,8,10H,1,3-5,7,9H2. The number of carbonyl (C=O) groups is 1. The van der Waals surface area contributed by atoms with E-state index in [4.69, 9.17) is 0 Å². The van der Waals surface area contributed by atoms with Crippen LogP contribution < -0.4 is 0 Å². The van der Waals surface area contributed by atoms with Gasteiger partial charge in [-0.05, 0) is 37.7 Å². The Morgan fingerprint density at radius 2 is 2.15 bits per heavy atom. The van der Waals surface area contributed by atoms with E-state index in [1.54, 1.807) is 0 Å². The zero-order chi connectivity index (χ0) is 9.10. The summed E-state index contributed by atoms with van der Waals surface area (Å²) in [6, 6.07) is 0. The van der Waals surface area contributed by atoms with E-state index in [1.807, 2.05) is 0 Å². The quantitative estimate of drug-likeness (QED) is 0.561. The molecule has 0 radical (unpaired) electrons. The molecule has 13 heavy (non-hydrogen) atoms. The van der Waals surface area contributed by atoms with Crippen molar-refractivity contribution >= 4 is 5.78 Å². The number of allylic oxidation sites excluding steroid dienone is 4. The van der Waals surface area contributed by atoms with Crippen LogP contribution in [0.3, 0.4) is 0 Å². The molecule has 0 N–H and O–H groups in total. The Kier molecular flexibility index (Phi) is 2.62. The van der Waals surface area contributed by atoms with Gasteiger partial charge in [0, 0.05) is 12.3 Å². The lowest BCUT2D eigenvalue weighted by Crippen LogP contribution is -2.16. The minimum absolute atomic E-state index is 0.391. The van der Waals surface area contributed by atoms with Crippen molar-refractivity contribution in [3.8, 4) is 0 Å². The lowest BCUT2D eigenvalue weighted by molar-refractivity contribution is -0.116.